The Hall–Kier alpha value is -0.0800. The van der Waals surface area contributed by atoms with Gasteiger partial charge in [-0.05, 0) is 25.3 Å². The second-order valence-electron chi connectivity index (χ2n) is 3.62. The second kappa shape index (κ2) is 4.73. The van der Waals surface area contributed by atoms with Crippen molar-refractivity contribution in [3.8, 4) is 0 Å². The fourth-order valence-corrected chi connectivity index (χ4v) is 1.91. The zero-order valence-electron chi connectivity index (χ0n) is 7.42. The van der Waals surface area contributed by atoms with Crippen LogP contribution in [0, 0.1) is 11.8 Å². The average Bonchev–Trinajstić information content (AvgIpc) is 2.07. The molecule has 0 aromatic carbocycles. The highest BCUT2D eigenvalue weighted by molar-refractivity contribution is 4.81. The topological polar surface area (TPSA) is 40.1 Å². The third-order valence-electron chi connectivity index (χ3n) is 2.74. The Morgan fingerprint density at radius 3 is 2.18 bits per heavy atom. The zero-order chi connectivity index (χ0) is 8.10. The molecular weight excluding hydrogens is 136 g/mol. The minimum atomic E-state index is 0.808. The highest BCUT2D eigenvalue weighted by atomic mass is 14.8. The molecule has 0 spiro atoms. The van der Waals surface area contributed by atoms with Crippen molar-refractivity contribution in [1.82, 2.24) is 0 Å². The number of hydrogen-bond acceptors (Lipinski definition) is 1. The predicted molar refractivity (Wildman–Crippen MR) is 48.7 cm³/mol. The van der Waals surface area contributed by atoms with Crippen molar-refractivity contribution in [2.24, 2.45) is 17.6 Å². The summed E-state index contributed by atoms with van der Waals surface area (Å²) in [6.45, 7) is 1.95. The second-order valence-corrected chi connectivity index (χ2v) is 3.62. The van der Waals surface area contributed by atoms with E-state index in [1.165, 1.54) is 25.7 Å². The Labute approximate surface area is 69.5 Å². The molecule has 2 N–H and O–H groups in total. The molecule has 1 rings (SSSR count). The lowest BCUT2D eigenvalue weighted by molar-refractivity contribution is 0.291. The van der Waals surface area contributed by atoms with Gasteiger partial charge in [0.2, 0.25) is 0 Å². The summed E-state index contributed by atoms with van der Waals surface area (Å²) in [5.74, 6) is 1.67. The molecule has 1 saturated carbocycles. The van der Waals surface area contributed by atoms with Crippen molar-refractivity contribution < 1.29 is 0 Å². The Kier molecular flexibility index (Phi) is 3.87. The van der Waals surface area contributed by atoms with E-state index < -0.39 is 0 Å². The lowest BCUT2D eigenvalue weighted by Crippen LogP contribution is -2.22. The van der Waals surface area contributed by atoms with Gasteiger partial charge in [0.05, 0.1) is 0 Å². The molecule has 0 saturated heterocycles. The summed E-state index contributed by atoms with van der Waals surface area (Å²) in [6.07, 6.45) is 5.35. The molecule has 11 heavy (non-hydrogen) atoms. The zero-order valence-corrected chi connectivity index (χ0v) is 7.42. The van der Waals surface area contributed by atoms with Crippen LogP contribution in [0.2, 0.25) is 0 Å². The minimum Gasteiger partial charge on any atom is -0.665 e. The highest BCUT2D eigenvalue weighted by Gasteiger charge is 2.16. The van der Waals surface area contributed by atoms with E-state index in [1.807, 2.05) is 7.05 Å². The van der Waals surface area contributed by atoms with Crippen LogP contribution in [0.1, 0.15) is 25.7 Å². The van der Waals surface area contributed by atoms with Gasteiger partial charge in [0, 0.05) is 0 Å². The van der Waals surface area contributed by atoms with E-state index in [0.717, 1.165) is 24.9 Å². The van der Waals surface area contributed by atoms with Crippen LogP contribution in [0.5, 0.6) is 0 Å². The van der Waals surface area contributed by atoms with Gasteiger partial charge in [0.25, 0.3) is 0 Å². The first-order chi connectivity index (χ1) is 5.36. The van der Waals surface area contributed by atoms with Crippen LogP contribution in [0.4, 0.5) is 0 Å². The van der Waals surface area contributed by atoms with Gasteiger partial charge < -0.3 is 11.1 Å². The summed E-state index contributed by atoms with van der Waals surface area (Å²) in [6, 6.07) is 0. The van der Waals surface area contributed by atoms with Gasteiger partial charge in [-0.25, -0.2) is 0 Å². The third kappa shape index (κ3) is 2.80. The normalized spacial score (nSPS) is 32.2. The molecule has 0 radical (unpaired) electrons. The Morgan fingerprint density at radius 2 is 1.73 bits per heavy atom. The maximum Gasteiger partial charge on any atom is -0.00489 e. The van der Waals surface area contributed by atoms with Crippen LogP contribution in [0.3, 0.4) is 0 Å². The SMILES string of the molecule is C[N-]CC1CCC(CN)CC1. The molecule has 0 aliphatic heterocycles. The molecule has 0 aromatic heterocycles. The number of nitrogens with two attached hydrogens (primary N) is 1. The molecule has 2 nitrogen and oxygen atoms in total. The van der Waals surface area contributed by atoms with Crippen LogP contribution in [-0.2, 0) is 0 Å². The first-order valence-electron chi connectivity index (χ1n) is 4.62. The smallest absolute Gasteiger partial charge is 0.00489 e. The lowest BCUT2D eigenvalue weighted by Gasteiger charge is -2.31. The van der Waals surface area contributed by atoms with E-state index in [4.69, 9.17) is 5.73 Å². The average molecular weight is 155 g/mol. The Bertz CT molecular complexity index is 95.7. The maximum atomic E-state index is 5.60. The van der Waals surface area contributed by atoms with Crippen molar-refractivity contribution in [1.29, 1.82) is 0 Å². The van der Waals surface area contributed by atoms with Crippen LogP contribution in [0.25, 0.3) is 5.32 Å². The van der Waals surface area contributed by atoms with Crippen molar-refractivity contribution in [2.75, 3.05) is 20.1 Å². The molecule has 1 fully saturated rings. The van der Waals surface area contributed by atoms with Crippen LogP contribution in [-0.4, -0.2) is 20.1 Å². The van der Waals surface area contributed by atoms with Crippen molar-refractivity contribution in [3.63, 3.8) is 0 Å². The molecule has 66 valence electrons. The molecular formula is C9H19N2-. The summed E-state index contributed by atoms with van der Waals surface area (Å²) in [4.78, 5) is 0. The van der Waals surface area contributed by atoms with Gasteiger partial charge in [-0.3, -0.25) is 0 Å². The van der Waals surface area contributed by atoms with Gasteiger partial charge in [-0.15, -0.1) is 6.54 Å². The lowest BCUT2D eigenvalue weighted by atomic mass is 9.82. The van der Waals surface area contributed by atoms with Crippen molar-refractivity contribution in [3.05, 3.63) is 5.32 Å². The Balaban J connectivity index is 2.14. The fourth-order valence-electron chi connectivity index (χ4n) is 1.91. The van der Waals surface area contributed by atoms with Gasteiger partial charge in [-0.2, -0.15) is 7.05 Å². The van der Waals surface area contributed by atoms with Crippen molar-refractivity contribution in [2.45, 2.75) is 25.7 Å². The summed E-state index contributed by atoms with van der Waals surface area (Å²) >= 11 is 0. The molecule has 0 aromatic rings. The van der Waals surface area contributed by atoms with Gasteiger partial charge in [0.15, 0.2) is 0 Å². The van der Waals surface area contributed by atoms with Crippen LogP contribution in [0.15, 0.2) is 0 Å². The van der Waals surface area contributed by atoms with E-state index in [0.29, 0.717) is 0 Å². The van der Waals surface area contributed by atoms with E-state index in [1.54, 1.807) is 0 Å². The summed E-state index contributed by atoms with van der Waals surface area (Å²) < 4.78 is 0. The fraction of sp³-hybridized carbons (Fsp3) is 1.00. The third-order valence-corrected chi connectivity index (χ3v) is 2.74. The summed E-state index contributed by atoms with van der Waals surface area (Å²) in [5, 5.41) is 4.18. The highest BCUT2D eigenvalue weighted by Crippen LogP contribution is 2.28. The van der Waals surface area contributed by atoms with Crippen LogP contribution >= 0.6 is 0 Å². The monoisotopic (exact) mass is 155 g/mol. The van der Waals surface area contributed by atoms with Crippen LogP contribution < -0.4 is 5.73 Å². The largest absolute Gasteiger partial charge is 0.665 e. The number of nitrogens with zero attached hydrogens (tertiary/aromatic N) is 1. The van der Waals surface area contributed by atoms with Crippen molar-refractivity contribution >= 4 is 0 Å². The standard InChI is InChI=1S/C9H19N2/c1-11-7-9-4-2-8(6-10)3-5-9/h8-9H,2-7,10H2,1H3/q-1. The molecule has 1 aliphatic carbocycles. The summed E-state index contributed by atoms with van der Waals surface area (Å²) in [7, 11) is 1.91. The minimum absolute atomic E-state index is 0.808. The molecule has 0 heterocycles. The molecule has 2 heteroatoms. The number of hydrogen-bond donors (Lipinski definition) is 1. The van der Waals surface area contributed by atoms with E-state index in [9.17, 15) is 0 Å². The molecule has 1 aliphatic rings. The molecule has 0 bridgehead atoms. The van der Waals surface area contributed by atoms with Gasteiger partial charge in [0.1, 0.15) is 0 Å². The molecule has 0 atom stereocenters. The summed E-state index contributed by atoms with van der Waals surface area (Å²) in [5.41, 5.74) is 5.60. The van der Waals surface area contributed by atoms with E-state index in [-0.39, 0.29) is 0 Å². The number of rotatable bonds is 3. The first kappa shape index (κ1) is 9.01. The molecule has 0 unspecified atom stereocenters. The van der Waals surface area contributed by atoms with E-state index >= 15 is 0 Å². The van der Waals surface area contributed by atoms with Gasteiger partial charge >= 0.3 is 0 Å². The maximum absolute atomic E-state index is 5.60. The molecule has 0 amide bonds. The van der Waals surface area contributed by atoms with Gasteiger partial charge in [-0.1, -0.05) is 18.8 Å². The predicted octanol–water partition coefficient (Wildman–Crippen LogP) is 1.76. The quantitative estimate of drug-likeness (QED) is 0.662. The Morgan fingerprint density at radius 1 is 1.18 bits per heavy atom. The van der Waals surface area contributed by atoms with E-state index in [2.05, 4.69) is 5.32 Å². The first-order valence-corrected chi connectivity index (χ1v) is 4.62.